The zero-order valence-corrected chi connectivity index (χ0v) is 7.31. The van der Waals surface area contributed by atoms with Crippen molar-refractivity contribution in [3.8, 4) is 0 Å². The van der Waals surface area contributed by atoms with Crippen LogP contribution in [0, 0.1) is 0 Å². The van der Waals surface area contributed by atoms with Gasteiger partial charge < -0.3 is 0 Å². The zero-order valence-electron chi connectivity index (χ0n) is 7.31. The molecule has 1 saturated heterocycles. The first kappa shape index (κ1) is 7.60. The molecular weight excluding hydrogens is 134 g/mol. The van der Waals surface area contributed by atoms with Crippen molar-refractivity contribution in [2.45, 2.75) is 56.9 Å². The number of hydrogen-bond donors (Lipinski definition) is 0. The van der Waals surface area contributed by atoms with Crippen LogP contribution in [0.3, 0.4) is 0 Å². The van der Waals surface area contributed by atoms with Gasteiger partial charge in [0.05, 0.1) is 0 Å². The van der Waals surface area contributed by atoms with Crippen LogP contribution in [0.5, 0.6) is 0 Å². The van der Waals surface area contributed by atoms with Crippen LogP contribution in [-0.2, 0) is 0 Å². The summed E-state index contributed by atoms with van der Waals surface area (Å²) in [5, 5.41) is 4.82. The molecule has 1 radical (unpaired) electrons. The molecule has 0 aromatic carbocycles. The van der Waals surface area contributed by atoms with Gasteiger partial charge in [0, 0.05) is 12.1 Å². The van der Waals surface area contributed by atoms with E-state index in [1.807, 2.05) is 0 Å². The molecule has 0 unspecified atom stereocenters. The minimum Gasteiger partial charge on any atom is -0.235 e. The third kappa shape index (κ3) is 1.58. The number of nitrogens with zero attached hydrogens (tertiary/aromatic N) is 1. The summed E-state index contributed by atoms with van der Waals surface area (Å²) >= 11 is 0. The predicted molar refractivity (Wildman–Crippen MR) is 46.7 cm³/mol. The maximum atomic E-state index is 4.82. The van der Waals surface area contributed by atoms with Gasteiger partial charge in [0.2, 0.25) is 0 Å². The monoisotopic (exact) mass is 152 g/mol. The Hall–Kier alpha value is -0.0400. The third-order valence-electron chi connectivity index (χ3n) is 3.28. The van der Waals surface area contributed by atoms with E-state index in [-0.39, 0.29) is 0 Å². The van der Waals surface area contributed by atoms with Gasteiger partial charge in [0.25, 0.3) is 0 Å². The van der Waals surface area contributed by atoms with Gasteiger partial charge in [0.15, 0.2) is 0 Å². The van der Waals surface area contributed by atoms with E-state index in [0.29, 0.717) is 5.54 Å². The Morgan fingerprint density at radius 1 is 0.727 bits per heavy atom. The van der Waals surface area contributed by atoms with E-state index >= 15 is 0 Å². The Morgan fingerprint density at radius 2 is 1.36 bits per heavy atom. The highest BCUT2D eigenvalue weighted by Gasteiger charge is 2.33. The SMILES string of the molecule is C1CCC2(CC1)CCCC[N]2. The summed E-state index contributed by atoms with van der Waals surface area (Å²) < 4.78 is 0. The first-order chi connectivity index (χ1) is 5.41. The van der Waals surface area contributed by atoms with Crippen LogP contribution in [0.4, 0.5) is 0 Å². The fraction of sp³-hybridized carbons (Fsp3) is 1.00. The van der Waals surface area contributed by atoms with Gasteiger partial charge in [-0.1, -0.05) is 25.7 Å². The Kier molecular flexibility index (Phi) is 2.17. The lowest BCUT2D eigenvalue weighted by molar-refractivity contribution is 0.179. The van der Waals surface area contributed by atoms with Crippen molar-refractivity contribution in [2.75, 3.05) is 6.54 Å². The van der Waals surface area contributed by atoms with Crippen molar-refractivity contribution in [2.24, 2.45) is 0 Å². The van der Waals surface area contributed by atoms with Crippen molar-refractivity contribution in [3.05, 3.63) is 0 Å². The normalized spacial score (nSPS) is 30.5. The van der Waals surface area contributed by atoms with Crippen molar-refractivity contribution in [3.63, 3.8) is 0 Å². The van der Waals surface area contributed by atoms with E-state index < -0.39 is 0 Å². The van der Waals surface area contributed by atoms with Crippen LogP contribution in [-0.4, -0.2) is 12.1 Å². The summed E-state index contributed by atoms with van der Waals surface area (Å²) in [5.74, 6) is 0. The van der Waals surface area contributed by atoms with Crippen LogP contribution >= 0.6 is 0 Å². The van der Waals surface area contributed by atoms with E-state index in [4.69, 9.17) is 5.32 Å². The van der Waals surface area contributed by atoms with Crippen molar-refractivity contribution in [1.29, 1.82) is 0 Å². The fourth-order valence-electron chi connectivity index (χ4n) is 2.58. The lowest BCUT2D eigenvalue weighted by Gasteiger charge is -2.39. The molecule has 2 fully saturated rings. The van der Waals surface area contributed by atoms with Crippen molar-refractivity contribution >= 4 is 0 Å². The molecule has 1 heteroatoms. The van der Waals surface area contributed by atoms with Gasteiger partial charge in [-0.15, -0.1) is 0 Å². The number of rotatable bonds is 0. The summed E-state index contributed by atoms with van der Waals surface area (Å²) in [4.78, 5) is 0. The minimum atomic E-state index is 0.483. The highest BCUT2D eigenvalue weighted by Crippen LogP contribution is 2.35. The van der Waals surface area contributed by atoms with Gasteiger partial charge >= 0.3 is 0 Å². The lowest BCUT2D eigenvalue weighted by atomic mass is 9.76. The van der Waals surface area contributed by atoms with E-state index in [1.165, 1.54) is 51.4 Å². The van der Waals surface area contributed by atoms with Crippen LogP contribution in [0.15, 0.2) is 0 Å². The molecule has 1 aliphatic heterocycles. The third-order valence-corrected chi connectivity index (χ3v) is 3.28. The van der Waals surface area contributed by atoms with E-state index in [9.17, 15) is 0 Å². The average Bonchev–Trinajstić information content (AvgIpc) is 2.07. The molecule has 2 rings (SSSR count). The molecule has 0 aromatic heterocycles. The summed E-state index contributed by atoms with van der Waals surface area (Å²) in [5.41, 5.74) is 0.483. The molecule has 2 aliphatic rings. The molecule has 1 nitrogen and oxygen atoms in total. The molecule has 63 valence electrons. The highest BCUT2D eigenvalue weighted by molar-refractivity contribution is 4.92. The standard InChI is InChI=1S/C10H18N/c1-2-6-10(7-3-1)8-4-5-9-11-10/h1-9H2. The molecular formula is C10H18N. The molecule has 0 atom stereocenters. The second-order valence-electron chi connectivity index (χ2n) is 4.12. The Morgan fingerprint density at radius 3 is 1.91 bits per heavy atom. The minimum absolute atomic E-state index is 0.483. The zero-order chi connectivity index (χ0) is 7.57. The van der Waals surface area contributed by atoms with Crippen LogP contribution in [0.25, 0.3) is 0 Å². The topological polar surface area (TPSA) is 14.1 Å². The second-order valence-corrected chi connectivity index (χ2v) is 4.12. The summed E-state index contributed by atoms with van der Waals surface area (Å²) in [6.45, 7) is 1.15. The van der Waals surface area contributed by atoms with Crippen LogP contribution < -0.4 is 5.32 Å². The lowest BCUT2D eigenvalue weighted by Crippen LogP contribution is -2.44. The van der Waals surface area contributed by atoms with Gasteiger partial charge in [-0.25, -0.2) is 5.32 Å². The Labute approximate surface area is 69.6 Å². The molecule has 0 N–H and O–H groups in total. The number of piperidine rings is 1. The molecule has 0 amide bonds. The van der Waals surface area contributed by atoms with Gasteiger partial charge in [-0.3, -0.25) is 0 Å². The van der Waals surface area contributed by atoms with Gasteiger partial charge in [0.1, 0.15) is 0 Å². The molecule has 1 spiro atoms. The maximum absolute atomic E-state index is 4.82. The largest absolute Gasteiger partial charge is 0.235 e. The maximum Gasteiger partial charge on any atom is 0.0356 e. The van der Waals surface area contributed by atoms with E-state index in [2.05, 4.69) is 0 Å². The van der Waals surface area contributed by atoms with E-state index in [1.54, 1.807) is 0 Å². The van der Waals surface area contributed by atoms with Crippen molar-refractivity contribution in [1.82, 2.24) is 5.32 Å². The number of hydrogen-bond acceptors (Lipinski definition) is 0. The molecule has 0 aromatic rings. The average molecular weight is 152 g/mol. The first-order valence-corrected chi connectivity index (χ1v) is 5.10. The summed E-state index contributed by atoms with van der Waals surface area (Å²) in [6, 6.07) is 0. The van der Waals surface area contributed by atoms with Crippen molar-refractivity contribution < 1.29 is 0 Å². The van der Waals surface area contributed by atoms with Gasteiger partial charge in [-0.2, -0.15) is 0 Å². The Balaban J connectivity index is 1.94. The van der Waals surface area contributed by atoms with Gasteiger partial charge in [-0.05, 0) is 25.7 Å². The molecule has 1 aliphatic carbocycles. The predicted octanol–water partition coefficient (Wildman–Crippen LogP) is 2.48. The van der Waals surface area contributed by atoms with Crippen LogP contribution in [0.2, 0.25) is 0 Å². The first-order valence-electron chi connectivity index (χ1n) is 5.10. The smallest absolute Gasteiger partial charge is 0.0356 e. The molecule has 1 saturated carbocycles. The highest BCUT2D eigenvalue weighted by atomic mass is 15.0. The fourth-order valence-corrected chi connectivity index (χ4v) is 2.58. The summed E-state index contributed by atoms with van der Waals surface area (Å²) in [6.07, 6.45) is 11.3. The molecule has 1 heterocycles. The molecule has 11 heavy (non-hydrogen) atoms. The van der Waals surface area contributed by atoms with Crippen LogP contribution in [0.1, 0.15) is 51.4 Å². The Bertz CT molecular complexity index is 99.3. The summed E-state index contributed by atoms with van der Waals surface area (Å²) in [7, 11) is 0. The molecule has 0 bridgehead atoms. The van der Waals surface area contributed by atoms with E-state index in [0.717, 1.165) is 6.54 Å². The second kappa shape index (κ2) is 3.14. The quantitative estimate of drug-likeness (QED) is 0.506.